The average molecular weight is 422 g/mol. The van der Waals surface area contributed by atoms with Crippen LogP contribution in [-0.4, -0.2) is 55.1 Å². The molecule has 0 radical (unpaired) electrons. The number of benzene rings is 2. The molecule has 2 aromatic rings. The number of hydrogen-bond acceptors (Lipinski definition) is 6. The van der Waals surface area contributed by atoms with Gasteiger partial charge in [0.25, 0.3) is 0 Å². The lowest BCUT2D eigenvalue weighted by molar-refractivity contribution is -0.0996. The van der Waals surface area contributed by atoms with E-state index in [1.54, 1.807) is 13.8 Å². The zero-order chi connectivity index (χ0) is 22.6. The highest BCUT2D eigenvalue weighted by Gasteiger charge is 2.34. The molecule has 0 spiro atoms. The summed E-state index contributed by atoms with van der Waals surface area (Å²) in [5.41, 5.74) is 1.14. The Morgan fingerprint density at radius 1 is 0.700 bits per heavy atom. The van der Waals surface area contributed by atoms with Gasteiger partial charge in [0.15, 0.2) is 0 Å². The maximum atomic E-state index is 13.6. The van der Waals surface area contributed by atoms with Gasteiger partial charge in [0, 0.05) is 0 Å². The van der Waals surface area contributed by atoms with Crippen molar-refractivity contribution in [1.29, 1.82) is 0 Å². The molecular weight excluding hydrogens is 398 g/mol. The fraction of sp³-hybridized carbons (Fsp3) is 0.273. The maximum absolute atomic E-state index is 13.6. The van der Waals surface area contributed by atoms with Gasteiger partial charge in [-0.15, -0.1) is 0 Å². The van der Waals surface area contributed by atoms with Crippen LogP contribution in [0.2, 0.25) is 0 Å². The van der Waals surface area contributed by atoms with Crippen LogP contribution in [0.4, 0.5) is 8.78 Å². The van der Waals surface area contributed by atoms with Crippen LogP contribution in [0.25, 0.3) is 12.2 Å². The Morgan fingerprint density at radius 2 is 1.03 bits per heavy atom. The molecule has 6 N–H and O–H groups in total. The molecule has 30 heavy (non-hydrogen) atoms. The first-order valence-electron chi connectivity index (χ1n) is 9.07. The van der Waals surface area contributed by atoms with Gasteiger partial charge in [-0.05, 0) is 60.4 Å². The molecule has 6 nitrogen and oxygen atoms in total. The summed E-state index contributed by atoms with van der Waals surface area (Å²) in [6.45, 7) is 3.09. The van der Waals surface area contributed by atoms with E-state index in [0.717, 1.165) is 24.3 Å². The number of aryl methyl sites for hydroxylation is 2. The van der Waals surface area contributed by atoms with E-state index in [1.807, 2.05) is 0 Å². The molecule has 4 atom stereocenters. The summed E-state index contributed by atoms with van der Waals surface area (Å²) in [5.74, 6) is -2.66. The van der Waals surface area contributed by atoms with Crippen LogP contribution >= 0.6 is 0 Å². The van der Waals surface area contributed by atoms with Crippen molar-refractivity contribution in [3.05, 3.63) is 81.8 Å². The van der Waals surface area contributed by atoms with Gasteiger partial charge in [-0.2, -0.15) is 0 Å². The van der Waals surface area contributed by atoms with Gasteiger partial charge in [-0.1, -0.05) is 24.3 Å². The zero-order valence-corrected chi connectivity index (χ0v) is 16.4. The molecule has 0 aliphatic carbocycles. The monoisotopic (exact) mass is 422 g/mol. The Kier molecular flexibility index (Phi) is 7.69. The Labute approximate surface area is 172 Å². The molecule has 2 aromatic carbocycles. The van der Waals surface area contributed by atoms with Gasteiger partial charge in [0.2, 0.25) is 0 Å². The third-order valence-corrected chi connectivity index (χ3v) is 4.62. The van der Waals surface area contributed by atoms with E-state index in [9.17, 15) is 39.4 Å². The standard InChI is InChI=1S/C22H24F2O6/c1-11-3-5-13(7-15(11)23)9-17(25)19(27)21(29)22(30)20(28)18(26)10-14-6-4-12(2)16(24)8-14/h3-10,19-22,25-30H,1-2H3/t19-,20+,21-,22-/m1/s1. The van der Waals surface area contributed by atoms with Gasteiger partial charge in [-0.25, -0.2) is 8.78 Å². The summed E-state index contributed by atoms with van der Waals surface area (Å²) in [6, 6.07) is 8.04. The van der Waals surface area contributed by atoms with Crippen molar-refractivity contribution in [1.82, 2.24) is 0 Å². The van der Waals surface area contributed by atoms with Crippen LogP contribution in [0.3, 0.4) is 0 Å². The maximum Gasteiger partial charge on any atom is 0.139 e. The van der Waals surface area contributed by atoms with Crippen LogP contribution < -0.4 is 0 Å². The Hall–Kier alpha value is -2.78. The largest absolute Gasteiger partial charge is 0.509 e. The number of halogens is 2. The topological polar surface area (TPSA) is 121 Å². The molecule has 0 saturated heterocycles. The first kappa shape index (κ1) is 23.5. The third kappa shape index (κ3) is 5.64. The molecule has 0 saturated carbocycles. The molecule has 8 heteroatoms. The second-order valence-electron chi connectivity index (χ2n) is 7.03. The molecule has 0 heterocycles. The van der Waals surface area contributed by atoms with Crippen molar-refractivity contribution in [2.75, 3.05) is 0 Å². The SMILES string of the molecule is Cc1ccc(C=C(O)[C@@H](O)[C@@H](O)[C@H](O)[C@@H](O)C(O)=Cc2ccc(C)c(F)c2)cc1F. The Morgan fingerprint density at radius 3 is 1.33 bits per heavy atom. The predicted octanol–water partition coefficient (Wildman–Crippen LogP) is 2.52. The first-order valence-corrected chi connectivity index (χ1v) is 9.07. The average Bonchev–Trinajstić information content (AvgIpc) is 2.71. The molecule has 0 amide bonds. The fourth-order valence-corrected chi connectivity index (χ4v) is 2.63. The van der Waals surface area contributed by atoms with Crippen LogP contribution in [0.1, 0.15) is 22.3 Å². The quantitative estimate of drug-likeness (QED) is 0.382. The molecule has 0 fully saturated rings. The lowest BCUT2D eigenvalue weighted by atomic mass is 9.98. The van der Waals surface area contributed by atoms with E-state index >= 15 is 0 Å². The molecule has 0 unspecified atom stereocenters. The lowest BCUT2D eigenvalue weighted by Crippen LogP contribution is -2.45. The number of hydrogen-bond donors (Lipinski definition) is 6. The fourth-order valence-electron chi connectivity index (χ4n) is 2.63. The normalized spacial score (nSPS) is 16.8. The minimum atomic E-state index is -2.10. The highest BCUT2D eigenvalue weighted by Crippen LogP contribution is 2.19. The van der Waals surface area contributed by atoms with Crippen molar-refractivity contribution in [3.8, 4) is 0 Å². The summed E-state index contributed by atoms with van der Waals surface area (Å²) >= 11 is 0. The van der Waals surface area contributed by atoms with Gasteiger partial charge in [0.05, 0.1) is 0 Å². The number of rotatable bonds is 7. The smallest absolute Gasteiger partial charge is 0.139 e. The Bertz CT molecular complexity index is 879. The molecule has 0 bridgehead atoms. The third-order valence-electron chi connectivity index (χ3n) is 4.62. The van der Waals surface area contributed by atoms with Crippen LogP contribution in [0, 0.1) is 25.5 Å². The summed E-state index contributed by atoms with van der Waals surface area (Å²) in [4.78, 5) is 0. The summed E-state index contributed by atoms with van der Waals surface area (Å²) in [5, 5.41) is 60.2. The first-order chi connectivity index (χ1) is 14.0. The van der Waals surface area contributed by atoms with Gasteiger partial charge in [-0.3, -0.25) is 0 Å². The van der Waals surface area contributed by atoms with Crippen LogP contribution in [-0.2, 0) is 0 Å². The molecule has 0 aliphatic heterocycles. The van der Waals surface area contributed by atoms with E-state index < -0.39 is 47.6 Å². The van der Waals surface area contributed by atoms with E-state index in [1.165, 1.54) is 24.3 Å². The summed E-state index contributed by atoms with van der Waals surface area (Å²) in [6.07, 6.45) is -6.30. The Balaban J connectivity index is 2.14. The number of aliphatic hydroxyl groups excluding tert-OH is 6. The minimum Gasteiger partial charge on any atom is -0.509 e. The zero-order valence-electron chi connectivity index (χ0n) is 16.4. The molecular formula is C22H24F2O6. The van der Waals surface area contributed by atoms with Crippen LogP contribution in [0.15, 0.2) is 47.9 Å². The van der Waals surface area contributed by atoms with Gasteiger partial charge < -0.3 is 30.6 Å². The van der Waals surface area contributed by atoms with Crippen LogP contribution in [0.5, 0.6) is 0 Å². The molecule has 162 valence electrons. The van der Waals surface area contributed by atoms with E-state index in [-0.39, 0.29) is 11.1 Å². The van der Waals surface area contributed by atoms with Gasteiger partial charge in [0.1, 0.15) is 47.6 Å². The minimum absolute atomic E-state index is 0.195. The predicted molar refractivity (Wildman–Crippen MR) is 108 cm³/mol. The summed E-state index contributed by atoms with van der Waals surface area (Å²) in [7, 11) is 0. The highest BCUT2D eigenvalue weighted by molar-refractivity contribution is 5.54. The second kappa shape index (κ2) is 9.82. The van der Waals surface area contributed by atoms with Crippen molar-refractivity contribution in [3.63, 3.8) is 0 Å². The van der Waals surface area contributed by atoms with Crippen molar-refractivity contribution < 1.29 is 39.4 Å². The lowest BCUT2D eigenvalue weighted by Gasteiger charge is -2.26. The van der Waals surface area contributed by atoms with Gasteiger partial charge >= 0.3 is 0 Å². The molecule has 0 aliphatic rings. The second-order valence-corrected chi connectivity index (χ2v) is 7.03. The molecule has 0 aromatic heterocycles. The highest BCUT2D eigenvalue weighted by atomic mass is 19.1. The van der Waals surface area contributed by atoms with Crippen molar-refractivity contribution >= 4 is 12.2 Å². The van der Waals surface area contributed by atoms with Crippen molar-refractivity contribution in [2.24, 2.45) is 0 Å². The van der Waals surface area contributed by atoms with E-state index in [2.05, 4.69) is 0 Å². The molecule has 2 rings (SSSR count). The van der Waals surface area contributed by atoms with E-state index in [4.69, 9.17) is 0 Å². The van der Waals surface area contributed by atoms with E-state index in [0.29, 0.717) is 11.1 Å². The summed E-state index contributed by atoms with van der Waals surface area (Å²) < 4.78 is 27.2. The van der Waals surface area contributed by atoms with Crippen molar-refractivity contribution in [2.45, 2.75) is 38.3 Å². The number of aliphatic hydroxyl groups is 6.